The molecule has 4 rings (SSSR count). The van der Waals surface area contributed by atoms with E-state index in [1.165, 1.54) is 11.1 Å². The minimum atomic E-state index is 0.118. The molecule has 0 radical (unpaired) electrons. The number of aromatic nitrogens is 1. The second-order valence-electron chi connectivity index (χ2n) is 7.39. The zero-order valence-electron chi connectivity index (χ0n) is 16.0. The molecule has 0 unspecified atom stereocenters. The van der Waals surface area contributed by atoms with Gasteiger partial charge in [0.05, 0.1) is 11.1 Å². The summed E-state index contributed by atoms with van der Waals surface area (Å²) >= 11 is 0. The molecular formula is C23H25N3O. The van der Waals surface area contributed by atoms with Crippen LogP contribution < -0.4 is 0 Å². The lowest BCUT2D eigenvalue weighted by molar-refractivity contribution is 0.0630. The van der Waals surface area contributed by atoms with Gasteiger partial charge in [0.15, 0.2) is 0 Å². The number of hydrogen-bond acceptors (Lipinski definition) is 3. The molecule has 1 aromatic heterocycles. The van der Waals surface area contributed by atoms with Gasteiger partial charge in [-0.25, -0.2) is 0 Å². The van der Waals surface area contributed by atoms with Crippen LogP contribution in [0.5, 0.6) is 0 Å². The van der Waals surface area contributed by atoms with E-state index in [1.807, 2.05) is 42.2 Å². The van der Waals surface area contributed by atoms with Gasteiger partial charge in [-0.1, -0.05) is 48.0 Å². The van der Waals surface area contributed by atoms with Crippen molar-refractivity contribution in [1.29, 1.82) is 0 Å². The van der Waals surface area contributed by atoms with Crippen molar-refractivity contribution in [3.05, 3.63) is 77.0 Å². The molecule has 1 aliphatic rings. The SMILES string of the molecule is Cc1cccc(CN2CCN(C(=O)c3cc(C)nc4ccccc34)CC2)c1. The van der Waals surface area contributed by atoms with Gasteiger partial charge >= 0.3 is 0 Å². The van der Waals surface area contributed by atoms with Crippen LogP contribution in [0.3, 0.4) is 0 Å². The molecule has 138 valence electrons. The van der Waals surface area contributed by atoms with Crippen molar-refractivity contribution in [2.45, 2.75) is 20.4 Å². The quantitative estimate of drug-likeness (QED) is 0.713. The summed E-state index contributed by atoms with van der Waals surface area (Å²) in [6.07, 6.45) is 0. The second kappa shape index (κ2) is 7.49. The molecule has 1 saturated heterocycles. The zero-order valence-corrected chi connectivity index (χ0v) is 16.0. The average molecular weight is 359 g/mol. The van der Waals surface area contributed by atoms with E-state index in [0.29, 0.717) is 0 Å². The maximum absolute atomic E-state index is 13.2. The highest BCUT2D eigenvalue weighted by molar-refractivity contribution is 6.06. The summed E-state index contributed by atoms with van der Waals surface area (Å²) in [6.45, 7) is 8.36. The number of pyridine rings is 1. The van der Waals surface area contributed by atoms with Crippen molar-refractivity contribution >= 4 is 16.8 Å². The summed E-state index contributed by atoms with van der Waals surface area (Å²) in [4.78, 5) is 22.1. The summed E-state index contributed by atoms with van der Waals surface area (Å²) in [5.74, 6) is 0.118. The average Bonchev–Trinajstić information content (AvgIpc) is 2.67. The maximum atomic E-state index is 13.2. The molecule has 0 spiro atoms. The number of benzene rings is 2. The number of fused-ring (bicyclic) bond motifs is 1. The zero-order chi connectivity index (χ0) is 18.8. The van der Waals surface area contributed by atoms with E-state index in [4.69, 9.17) is 0 Å². The first-order valence-corrected chi connectivity index (χ1v) is 9.54. The van der Waals surface area contributed by atoms with Gasteiger partial charge in [-0.15, -0.1) is 0 Å². The molecule has 0 saturated carbocycles. The minimum absolute atomic E-state index is 0.118. The van der Waals surface area contributed by atoms with E-state index in [0.717, 1.165) is 54.9 Å². The summed E-state index contributed by atoms with van der Waals surface area (Å²) in [6, 6.07) is 18.5. The first-order chi connectivity index (χ1) is 13.1. The minimum Gasteiger partial charge on any atom is -0.336 e. The Bertz CT molecular complexity index is 974. The van der Waals surface area contributed by atoms with Crippen LogP contribution in [0, 0.1) is 13.8 Å². The Kier molecular flexibility index (Phi) is 4.90. The van der Waals surface area contributed by atoms with E-state index in [-0.39, 0.29) is 5.91 Å². The highest BCUT2D eigenvalue weighted by Crippen LogP contribution is 2.21. The fourth-order valence-corrected chi connectivity index (χ4v) is 3.83. The molecule has 2 aromatic carbocycles. The topological polar surface area (TPSA) is 36.4 Å². The number of aryl methyl sites for hydroxylation is 2. The smallest absolute Gasteiger partial charge is 0.254 e. The Labute approximate surface area is 160 Å². The molecule has 0 bridgehead atoms. The van der Waals surface area contributed by atoms with E-state index < -0.39 is 0 Å². The number of piperazine rings is 1. The molecule has 3 aromatic rings. The van der Waals surface area contributed by atoms with Crippen molar-refractivity contribution in [2.24, 2.45) is 0 Å². The standard InChI is InChI=1S/C23H25N3O/c1-17-6-5-7-19(14-17)16-25-10-12-26(13-11-25)23(27)21-15-18(2)24-22-9-4-3-8-20(21)22/h3-9,14-15H,10-13,16H2,1-2H3. The van der Waals surface area contributed by atoms with E-state index in [1.54, 1.807) is 0 Å². The number of rotatable bonds is 3. The molecule has 0 aliphatic carbocycles. The lowest BCUT2D eigenvalue weighted by Gasteiger charge is -2.35. The third kappa shape index (κ3) is 3.86. The number of para-hydroxylation sites is 1. The summed E-state index contributed by atoms with van der Waals surface area (Å²) in [5.41, 5.74) is 5.17. The Balaban J connectivity index is 1.46. The van der Waals surface area contributed by atoms with Crippen LogP contribution in [-0.4, -0.2) is 46.9 Å². The fraction of sp³-hybridized carbons (Fsp3) is 0.304. The second-order valence-corrected chi connectivity index (χ2v) is 7.39. The van der Waals surface area contributed by atoms with Crippen LogP contribution in [0.15, 0.2) is 54.6 Å². The van der Waals surface area contributed by atoms with Crippen molar-refractivity contribution in [1.82, 2.24) is 14.8 Å². The maximum Gasteiger partial charge on any atom is 0.254 e. The lowest BCUT2D eigenvalue weighted by atomic mass is 10.1. The molecule has 1 fully saturated rings. The number of amides is 1. The van der Waals surface area contributed by atoms with E-state index in [9.17, 15) is 4.79 Å². The molecule has 2 heterocycles. The van der Waals surface area contributed by atoms with Gasteiger partial charge in [-0.2, -0.15) is 0 Å². The van der Waals surface area contributed by atoms with E-state index >= 15 is 0 Å². The van der Waals surface area contributed by atoms with Crippen LogP contribution in [0.1, 0.15) is 27.2 Å². The molecule has 0 N–H and O–H groups in total. The molecule has 4 nitrogen and oxygen atoms in total. The summed E-state index contributed by atoms with van der Waals surface area (Å²) in [5, 5.41) is 0.940. The fourth-order valence-electron chi connectivity index (χ4n) is 3.83. The summed E-state index contributed by atoms with van der Waals surface area (Å²) in [7, 11) is 0. The van der Waals surface area contributed by atoms with E-state index in [2.05, 4.69) is 41.1 Å². The van der Waals surface area contributed by atoms with Gasteiger partial charge in [-0.05, 0) is 31.5 Å². The van der Waals surface area contributed by atoms with Crippen LogP contribution in [0.25, 0.3) is 10.9 Å². The van der Waals surface area contributed by atoms with Gasteiger partial charge in [0.1, 0.15) is 0 Å². The first kappa shape index (κ1) is 17.7. The Morgan fingerprint density at radius 2 is 1.74 bits per heavy atom. The number of hydrogen-bond donors (Lipinski definition) is 0. The molecule has 1 aliphatic heterocycles. The summed E-state index contributed by atoms with van der Waals surface area (Å²) < 4.78 is 0. The highest BCUT2D eigenvalue weighted by atomic mass is 16.2. The first-order valence-electron chi connectivity index (χ1n) is 9.54. The normalized spacial score (nSPS) is 15.3. The molecule has 27 heavy (non-hydrogen) atoms. The number of carbonyl (C=O) groups excluding carboxylic acids is 1. The predicted molar refractivity (Wildman–Crippen MR) is 109 cm³/mol. The van der Waals surface area contributed by atoms with Crippen molar-refractivity contribution in [2.75, 3.05) is 26.2 Å². The predicted octanol–water partition coefficient (Wildman–Crippen LogP) is 3.81. The number of carbonyl (C=O) groups is 1. The Morgan fingerprint density at radius 1 is 0.963 bits per heavy atom. The van der Waals surface area contributed by atoms with Gasteiger partial charge in [0.2, 0.25) is 0 Å². The van der Waals surface area contributed by atoms with Crippen LogP contribution in [0.4, 0.5) is 0 Å². The largest absolute Gasteiger partial charge is 0.336 e. The van der Waals surface area contributed by atoms with Gasteiger partial charge < -0.3 is 4.90 Å². The third-order valence-corrected chi connectivity index (χ3v) is 5.22. The molecule has 0 atom stereocenters. The molecular weight excluding hydrogens is 334 g/mol. The number of nitrogens with zero attached hydrogens (tertiary/aromatic N) is 3. The van der Waals surface area contributed by atoms with Crippen LogP contribution in [0.2, 0.25) is 0 Å². The molecule has 4 heteroatoms. The van der Waals surface area contributed by atoms with Gasteiger partial charge in [0.25, 0.3) is 5.91 Å². The Morgan fingerprint density at radius 3 is 2.52 bits per heavy atom. The highest BCUT2D eigenvalue weighted by Gasteiger charge is 2.23. The van der Waals surface area contributed by atoms with Crippen molar-refractivity contribution < 1.29 is 4.79 Å². The van der Waals surface area contributed by atoms with Crippen LogP contribution in [-0.2, 0) is 6.54 Å². The lowest BCUT2D eigenvalue weighted by Crippen LogP contribution is -2.48. The van der Waals surface area contributed by atoms with Crippen molar-refractivity contribution in [3.8, 4) is 0 Å². The monoisotopic (exact) mass is 359 g/mol. The third-order valence-electron chi connectivity index (χ3n) is 5.22. The van der Waals surface area contributed by atoms with Gasteiger partial charge in [-0.3, -0.25) is 14.7 Å². The Hall–Kier alpha value is -2.72. The molecule has 1 amide bonds. The van der Waals surface area contributed by atoms with Gasteiger partial charge in [0, 0.05) is 43.8 Å². The van der Waals surface area contributed by atoms with Crippen molar-refractivity contribution in [3.63, 3.8) is 0 Å². The van der Waals surface area contributed by atoms with Crippen LogP contribution >= 0.6 is 0 Å².